The Bertz CT molecular complexity index is 1460. The lowest BCUT2D eigenvalue weighted by Crippen LogP contribution is -2.40. The molecule has 2 aromatic carbocycles. The molecule has 0 spiro atoms. The van der Waals surface area contributed by atoms with Gasteiger partial charge in [0.2, 0.25) is 10.0 Å². The molecule has 3 aromatic rings. The minimum atomic E-state index is -3.85. The molecule has 1 fully saturated rings. The van der Waals surface area contributed by atoms with Crippen LogP contribution in [0.15, 0.2) is 63.3 Å². The quantitative estimate of drug-likeness (QED) is 0.554. The summed E-state index contributed by atoms with van der Waals surface area (Å²) in [5.74, 6) is -0.600. The maximum atomic E-state index is 13.0. The number of carbonyl (C=O) groups is 1. The fraction of sp³-hybridized carbons (Fsp3) is 0.333. The van der Waals surface area contributed by atoms with E-state index in [1.54, 1.807) is 0 Å². The van der Waals surface area contributed by atoms with Gasteiger partial charge in [-0.25, -0.2) is 16.8 Å². The number of benzene rings is 2. The Labute approximate surface area is 190 Å². The van der Waals surface area contributed by atoms with Gasteiger partial charge in [-0.3, -0.25) is 4.79 Å². The number of amides is 1. The smallest absolute Gasteiger partial charge is 0.251 e. The van der Waals surface area contributed by atoms with E-state index in [9.17, 15) is 21.6 Å². The second kappa shape index (κ2) is 8.54. The summed E-state index contributed by atoms with van der Waals surface area (Å²) in [6.07, 6.45) is 1.76. The van der Waals surface area contributed by atoms with Gasteiger partial charge in [-0.2, -0.15) is 9.30 Å². The lowest BCUT2D eigenvalue weighted by atomic mass is 9.98. The molecule has 2 heterocycles. The lowest BCUT2D eigenvalue weighted by Gasteiger charge is -2.29. The molecule has 32 heavy (non-hydrogen) atoms. The second-order valence-corrected chi connectivity index (χ2v) is 12.7. The fourth-order valence-electron chi connectivity index (χ4n) is 3.73. The molecule has 1 aliphatic heterocycles. The molecule has 1 aromatic heterocycles. The third-order valence-corrected chi connectivity index (χ3v) is 9.71. The fourth-order valence-corrected chi connectivity index (χ4v) is 7.01. The Kier molecular flexibility index (Phi) is 6.10. The van der Waals surface area contributed by atoms with E-state index in [0.29, 0.717) is 17.6 Å². The van der Waals surface area contributed by atoms with Gasteiger partial charge >= 0.3 is 0 Å². The monoisotopic (exact) mass is 493 g/mol. The topological polar surface area (TPSA) is 106 Å². The van der Waals surface area contributed by atoms with Crippen LogP contribution in [0.4, 0.5) is 0 Å². The van der Waals surface area contributed by atoms with Gasteiger partial charge in [0.1, 0.15) is 0 Å². The highest BCUT2D eigenvalue weighted by molar-refractivity contribution is 7.91. The molecule has 0 aliphatic carbocycles. The number of para-hydroxylation sites is 1. The number of sulfonamides is 1. The van der Waals surface area contributed by atoms with E-state index in [0.717, 1.165) is 16.5 Å². The van der Waals surface area contributed by atoms with Gasteiger partial charge in [-0.05, 0) is 43.2 Å². The molecule has 11 heteroatoms. The molecule has 0 N–H and O–H groups in total. The summed E-state index contributed by atoms with van der Waals surface area (Å²) in [6.45, 7) is 0.353. The summed E-state index contributed by atoms with van der Waals surface area (Å²) in [4.78, 5) is 17.6. The number of rotatable bonds is 4. The number of nitrogens with zero attached hydrogens (tertiary/aromatic N) is 3. The van der Waals surface area contributed by atoms with Crippen LogP contribution in [0.25, 0.3) is 10.2 Å². The normalized spacial score (nSPS) is 17.1. The number of aromatic nitrogens is 1. The van der Waals surface area contributed by atoms with E-state index in [1.807, 2.05) is 35.9 Å². The van der Waals surface area contributed by atoms with Crippen molar-refractivity contribution in [2.24, 2.45) is 18.0 Å². The van der Waals surface area contributed by atoms with Crippen molar-refractivity contribution in [3.8, 4) is 0 Å². The number of sulfone groups is 1. The zero-order valence-corrected chi connectivity index (χ0v) is 20.1. The molecule has 1 amide bonds. The number of fused-ring (bicyclic) bond motifs is 1. The molecule has 8 nitrogen and oxygen atoms in total. The predicted molar refractivity (Wildman–Crippen MR) is 122 cm³/mol. The molecule has 0 bridgehead atoms. The van der Waals surface area contributed by atoms with Crippen LogP contribution in [0, 0.1) is 5.92 Å². The molecular weight excluding hydrogens is 470 g/mol. The Balaban J connectivity index is 1.50. The van der Waals surface area contributed by atoms with Gasteiger partial charge in [0.05, 0.1) is 20.0 Å². The summed E-state index contributed by atoms with van der Waals surface area (Å²) in [6, 6.07) is 13.2. The largest absolute Gasteiger partial charge is 0.319 e. The van der Waals surface area contributed by atoms with Crippen molar-refractivity contribution in [1.29, 1.82) is 0 Å². The molecule has 1 saturated heterocycles. The average Bonchev–Trinajstić information content (AvgIpc) is 3.09. The van der Waals surface area contributed by atoms with Gasteiger partial charge in [0.15, 0.2) is 14.6 Å². The zero-order valence-electron chi connectivity index (χ0n) is 17.6. The van der Waals surface area contributed by atoms with Crippen LogP contribution in [-0.2, 0) is 31.7 Å². The first-order chi connectivity index (χ1) is 15.1. The molecule has 4 rings (SSSR count). The highest BCUT2D eigenvalue weighted by Gasteiger charge is 2.32. The minimum absolute atomic E-state index is 0.0429. The lowest BCUT2D eigenvalue weighted by molar-refractivity contribution is -0.122. The number of hydrogen-bond acceptors (Lipinski definition) is 6. The van der Waals surface area contributed by atoms with E-state index in [1.165, 1.54) is 39.9 Å². The number of piperidine rings is 1. The summed E-state index contributed by atoms with van der Waals surface area (Å²) in [5.41, 5.74) is 1.00. The van der Waals surface area contributed by atoms with E-state index in [2.05, 4.69) is 4.99 Å². The first-order valence-electron chi connectivity index (χ1n) is 10.0. The van der Waals surface area contributed by atoms with Crippen LogP contribution in [0.5, 0.6) is 0 Å². The van der Waals surface area contributed by atoms with Crippen LogP contribution in [0.3, 0.4) is 0 Å². The Morgan fingerprint density at radius 3 is 2.31 bits per heavy atom. The molecule has 0 atom stereocenters. The van der Waals surface area contributed by atoms with E-state index in [-0.39, 0.29) is 34.7 Å². The van der Waals surface area contributed by atoms with Crippen molar-refractivity contribution in [2.75, 3.05) is 19.3 Å². The Hall–Kier alpha value is -2.34. The minimum Gasteiger partial charge on any atom is -0.319 e. The SMILES string of the molecule is Cn1c(=NC(=O)C2CCN(S(=O)(=O)c3cccc(S(C)(=O)=O)c3)CC2)sc2ccccc21. The third-order valence-electron chi connectivity index (χ3n) is 5.60. The summed E-state index contributed by atoms with van der Waals surface area (Å²) < 4.78 is 53.8. The van der Waals surface area contributed by atoms with Crippen LogP contribution in [-0.4, -0.2) is 51.0 Å². The van der Waals surface area contributed by atoms with Crippen LogP contribution < -0.4 is 4.80 Å². The highest BCUT2D eigenvalue weighted by atomic mass is 32.2. The maximum absolute atomic E-state index is 13.0. The van der Waals surface area contributed by atoms with Gasteiger partial charge in [0.25, 0.3) is 5.91 Å². The predicted octanol–water partition coefficient (Wildman–Crippen LogP) is 2.17. The molecule has 1 aliphatic rings. The first kappa shape index (κ1) is 22.8. The molecule has 170 valence electrons. The first-order valence-corrected chi connectivity index (χ1v) is 14.2. The number of carbonyl (C=O) groups excluding carboxylic acids is 1. The van der Waals surface area contributed by atoms with Crippen LogP contribution in [0.2, 0.25) is 0 Å². The van der Waals surface area contributed by atoms with Crippen LogP contribution in [0.1, 0.15) is 12.8 Å². The molecular formula is C21H23N3O5S3. The van der Waals surface area contributed by atoms with Crippen molar-refractivity contribution in [3.05, 3.63) is 53.3 Å². The van der Waals surface area contributed by atoms with E-state index in [4.69, 9.17) is 0 Å². The van der Waals surface area contributed by atoms with Crippen molar-refractivity contribution < 1.29 is 21.6 Å². The van der Waals surface area contributed by atoms with Crippen molar-refractivity contribution in [2.45, 2.75) is 22.6 Å². The number of hydrogen-bond donors (Lipinski definition) is 0. The van der Waals surface area contributed by atoms with E-state index < -0.39 is 19.9 Å². The van der Waals surface area contributed by atoms with Crippen LogP contribution >= 0.6 is 11.3 Å². The molecule has 0 radical (unpaired) electrons. The summed E-state index contributed by atoms with van der Waals surface area (Å²) in [7, 11) is -5.51. The van der Waals surface area contributed by atoms with Gasteiger partial charge in [-0.15, -0.1) is 0 Å². The summed E-state index contributed by atoms with van der Waals surface area (Å²) in [5, 5.41) is 0. The van der Waals surface area contributed by atoms with Crippen molar-refractivity contribution in [1.82, 2.24) is 8.87 Å². The van der Waals surface area contributed by atoms with E-state index >= 15 is 0 Å². The molecule has 0 unspecified atom stereocenters. The maximum Gasteiger partial charge on any atom is 0.251 e. The van der Waals surface area contributed by atoms with Gasteiger partial charge in [-0.1, -0.05) is 29.5 Å². The second-order valence-electron chi connectivity index (χ2n) is 7.79. The van der Waals surface area contributed by atoms with Crippen molar-refractivity contribution >= 4 is 47.3 Å². The summed E-state index contributed by atoms with van der Waals surface area (Å²) >= 11 is 1.44. The average molecular weight is 494 g/mol. The number of aryl methyl sites for hydroxylation is 1. The van der Waals surface area contributed by atoms with Gasteiger partial charge in [0, 0.05) is 32.3 Å². The standard InChI is InChI=1S/C21H23N3O5S3/c1-23-18-8-3-4-9-19(18)30-21(23)22-20(25)15-10-12-24(13-11-15)32(28,29)17-7-5-6-16(14-17)31(2,26)27/h3-9,14-15H,10-13H2,1-2H3. The zero-order chi connectivity index (χ0) is 23.1. The third kappa shape index (κ3) is 4.42. The van der Waals surface area contributed by atoms with Crippen molar-refractivity contribution in [3.63, 3.8) is 0 Å². The Morgan fingerprint density at radius 2 is 1.66 bits per heavy atom. The highest BCUT2D eigenvalue weighted by Crippen LogP contribution is 2.26. The number of thiazole rings is 1. The molecule has 0 saturated carbocycles. The van der Waals surface area contributed by atoms with Gasteiger partial charge < -0.3 is 4.57 Å². The Morgan fingerprint density at radius 1 is 1.00 bits per heavy atom.